The molecule has 0 radical (unpaired) electrons. The SMILES string of the molecule is C=CCn1c(=NC(=O)CS(=O)(=O)CC(=O)N2CCN(c3ccccc3)CC2)sc2cc(F)ccc21. The van der Waals surface area contributed by atoms with E-state index >= 15 is 0 Å². The summed E-state index contributed by atoms with van der Waals surface area (Å²) in [6, 6.07) is 14.0. The van der Waals surface area contributed by atoms with Gasteiger partial charge in [0.15, 0.2) is 14.6 Å². The molecule has 4 rings (SSSR count). The molecule has 0 saturated carbocycles. The van der Waals surface area contributed by atoms with Crippen LogP contribution in [0.5, 0.6) is 0 Å². The van der Waals surface area contributed by atoms with Gasteiger partial charge in [-0.3, -0.25) is 9.59 Å². The predicted octanol–water partition coefficient (Wildman–Crippen LogP) is 2.22. The van der Waals surface area contributed by atoms with Crippen molar-refractivity contribution in [3.05, 3.63) is 71.8 Å². The van der Waals surface area contributed by atoms with Gasteiger partial charge < -0.3 is 14.4 Å². The first-order chi connectivity index (χ1) is 16.8. The molecule has 1 aliphatic rings. The highest BCUT2D eigenvalue weighted by Crippen LogP contribution is 2.19. The van der Waals surface area contributed by atoms with E-state index in [9.17, 15) is 22.4 Å². The number of fused-ring (bicyclic) bond motifs is 1. The van der Waals surface area contributed by atoms with E-state index in [1.54, 1.807) is 16.7 Å². The normalized spacial score (nSPS) is 14.9. The van der Waals surface area contributed by atoms with Gasteiger partial charge >= 0.3 is 0 Å². The molecule has 0 atom stereocenters. The number of carbonyl (C=O) groups is 2. The molecule has 2 aromatic carbocycles. The highest BCUT2D eigenvalue weighted by atomic mass is 32.2. The standard InChI is InChI=1S/C24H25FN4O4S2/c1-2-10-29-20-9-8-18(25)15-21(20)34-24(29)26-22(30)16-35(32,33)17-23(31)28-13-11-27(12-14-28)19-6-4-3-5-7-19/h2-9,15H,1,10-14,16-17H2. The van der Waals surface area contributed by atoms with Crippen LogP contribution in [0, 0.1) is 5.82 Å². The van der Waals surface area contributed by atoms with E-state index in [0.29, 0.717) is 42.9 Å². The van der Waals surface area contributed by atoms with Crippen molar-refractivity contribution in [3.8, 4) is 0 Å². The van der Waals surface area contributed by atoms with Gasteiger partial charge in [-0.15, -0.1) is 6.58 Å². The number of carbonyl (C=O) groups excluding carboxylic acids is 2. The fourth-order valence-electron chi connectivity index (χ4n) is 3.95. The molecule has 1 saturated heterocycles. The molecule has 2 heterocycles. The minimum absolute atomic E-state index is 0.245. The molecular formula is C24H25FN4O4S2. The Bertz CT molecular complexity index is 1420. The summed E-state index contributed by atoms with van der Waals surface area (Å²) in [5.74, 6) is -3.45. The zero-order valence-corrected chi connectivity index (χ0v) is 20.6. The molecule has 11 heteroatoms. The quantitative estimate of drug-likeness (QED) is 0.449. The smallest absolute Gasteiger partial charge is 0.263 e. The van der Waals surface area contributed by atoms with Gasteiger partial charge in [0.25, 0.3) is 5.91 Å². The van der Waals surface area contributed by atoms with Gasteiger partial charge in [-0.2, -0.15) is 4.99 Å². The number of halogens is 1. The number of piperazine rings is 1. The molecule has 0 aliphatic carbocycles. The van der Waals surface area contributed by atoms with Crippen LogP contribution >= 0.6 is 11.3 Å². The van der Waals surface area contributed by atoms with Crippen molar-refractivity contribution >= 4 is 48.9 Å². The van der Waals surface area contributed by atoms with Crippen molar-refractivity contribution in [2.24, 2.45) is 4.99 Å². The topological polar surface area (TPSA) is 92.0 Å². The largest absolute Gasteiger partial charge is 0.368 e. The van der Waals surface area contributed by atoms with Crippen LogP contribution in [0.4, 0.5) is 10.1 Å². The van der Waals surface area contributed by atoms with Crippen LogP contribution in [0.3, 0.4) is 0 Å². The summed E-state index contributed by atoms with van der Waals surface area (Å²) in [6.07, 6.45) is 1.60. The lowest BCUT2D eigenvalue weighted by molar-refractivity contribution is -0.128. The van der Waals surface area contributed by atoms with Gasteiger partial charge in [-0.25, -0.2) is 12.8 Å². The maximum atomic E-state index is 13.6. The van der Waals surface area contributed by atoms with Gasteiger partial charge in [-0.1, -0.05) is 35.6 Å². The molecule has 8 nitrogen and oxygen atoms in total. The summed E-state index contributed by atoms with van der Waals surface area (Å²) in [4.78, 5) is 33.0. The van der Waals surface area contributed by atoms with Gasteiger partial charge in [0.05, 0.1) is 10.2 Å². The summed E-state index contributed by atoms with van der Waals surface area (Å²) in [5, 5.41) is 0. The summed E-state index contributed by atoms with van der Waals surface area (Å²) in [6.45, 7) is 6.00. The second kappa shape index (κ2) is 10.5. The fourth-order valence-corrected chi connectivity index (χ4v) is 6.13. The van der Waals surface area contributed by atoms with E-state index in [4.69, 9.17) is 0 Å². The molecule has 0 spiro atoms. The Balaban J connectivity index is 1.41. The second-order valence-corrected chi connectivity index (χ2v) is 11.2. The summed E-state index contributed by atoms with van der Waals surface area (Å²) in [5.41, 5.74) is 1.72. The number of aromatic nitrogens is 1. The van der Waals surface area contributed by atoms with Crippen LogP contribution in [0.2, 0.25) is 0 Å². The lowest BCUT2D eigenvalue weighted by Gasteiger charge is -2.36. The highest BCUT2D eigenvalue weighted by molar-refractivity contribution is 7.92. The number of benzene rings is 2. The number of nitrogens with zero attached hydrogens (tertiary/aromatic N) is 4. The minimum Gasteiger partial charge on any atom is -0.368 e. The van der Waals surface area contributed by atoms with Crippen LogP contribution in [0.15, 0.2) is 66.2 Å². The Labute approximate surface area is 206 Å². The molecule has 1 aliphatic heterocycles. The number of rotatable bonds is 7. The first kappa shape index (κ1) is 24.8. The third-order valence-electron chi connectivity index (χ3n) is 5.62. The monoisotopic (exact) mass is 516 g/mol. The Morgan fingerprint density at radius 1 is 1.06 bits per heavy atom. The van der Waals surface area contributed by atoms with Crippen molar-refractivity contribution in [3.63, 3.8) is 0 Å². The van der Waals surface area contributed by atoms with Crippen LogP contribution < -0.4 is 9.70 Å². The molecule has 2 amide bonds. The van der Waals surface area contributed by atoms with E-state index in [1.165, 1.54) is 17.0 Å². The molecule has 35 heavy (non-hydrogen) atoms. The average Bonchev–Trinajstić information content (AvgIpc) is 3.14. The van der Waals surface area contributed by atoms with E-state index in [1.807, 2.05) is 30.3 Å². The van der Waals surface area contributed by atoms with Crippen LogP contribution in [0.1, 0.15) is 0 Å². The minimum atomic E-state index is -4.01. The van der Waals surface area contributed by atoms with Crippen LogP contribution in [-0.2, 0) is 26.0 Å². The van der Waals surface area contributed by atoms with Crippen LogP contribution in [0.25, 0.3) is 10.2 Å². The molecule has 0 bridgehead atoms. The maximum Gasteiger partial charge on any atom is 0.263 e. The number of allylic oxidation sites excluding steroid dienone is 1. The molecular weight excluding hydrogens is 491 g/mol. The fraction of sp³-hybridized carbons (Fsp3) is 0.292. The van der Waals surface area contributed by atoms with E-state index in [0.717, 1.165) is 17.0 Å². The Morgan fingerprint density at radius 2 is 1.77 bits per heavy atom. The number of amides is 2. The van der Waals surface area contributed by atoms with Gasteiger partial charge in [-0.05, 0) is 30.3 Å². The van der Waals surface area contributed by atoms with Crippen LogP contribution in [-0.4, -0.2) is 67.4 Å². The van der Waals surface area contributed by atoms with E-state index < -0.39 is 39.0 Å². The van der Waals surface area contributed by atoms with Crippen molar-refractivity contribution in [1.82, 2.24) is 9.47 Å². The number of hydrogen-bond acceptors (Lipinski definition) is 6. The zero-order valence-electron chi connectivity index (χ0n) is 19.0. The predicted molar refractivity (Wildman–Crippen MR) is 134 cm³/mol. The maximum absolute atomic E-state index is 13.6. The van der Waals surface area contributed by atoms with Crippen molar-refractivity contribution in [2.75, 3.05) is 42.6 Å². The number of anilines is 1. The Hall–Kier alpha value is -3.31. The first-order valence-electron chi connectivity index (χ1n) is 11.0. The lowest BCUT2D eigenvalue weighted by Crippen LogP contribution is -2.50. The number of hydrogen-bond donors (Lipinski definition) is 0. The molecule has 184 valence electrons. The third-order valence-corrected chi connectivity index (χ3v) is 8.03. The van der Waals surface area contributed by atoms with E-state index in [2.05, 4.69) is 16.5 Å². The Kier molecular flexibility index (Phi) is 7.46. The van der Waals surface area contributed by atoms with Crippen molar-refractivity contribution in [2.45, 2.75) is 6.54 Å². The van der Waals surface area contributed by atoms with Crippen molar-refractivity contribution in [1.29, 1.82) is 0 Å². The Morgan fingerprint density at radius 3 is 2.46 bits per heavy atom. The lowest BCUT2D eigenvalue weighted by atomic mass is 10.2. The number of para-hydroxylation sites is 1. The molecule has 3 aromatic rings. The highest BCUT2D eigenvalue weighted by Gasteiger charge is 2.27. The summed E-state index contributed by atoms with van der Waals surface area (Å²) in [7, 11) is -4.01. The van der Waals surface area contributed by atoms with Crippen molar-refractivity contribution < 1.29 is 22.4 Å². The second-order valence-electron chi connectivity index (χ2n) is 8.14. The average molecular weight is 517 g/mol. The summed E-state index contributed by atoms with van der Waals surface area (Å²) < 4.78 is 41.0. The first-order valence-corrected chi connectivity index (χ1v) is 13.6. The zero-order chi connectivity index (χ0) is 25.0. The van der Waals surface area contributed by atoms with Gasteiger partial charge in [0.2, 0.25) is 5.91 Å². The number of sulfone groups is 1. The van der Waals surface area contributed by atoms with E-state index in [-0.39, 0.29) is 4.80 Å². The third kappa shape index (κ3) is 6.04. The number of thiazole rings is 1. The molecule has 1 fully saturated rings. The molecule has 0 unspecified atom stereocenters. The van der Waals surface area contributed by atoms with Gasteiger partial charge in [0.1, 0.15) is 17.3 Å². The molecule has 0 N–H and O–H groups in total. The van der Waals surface area contributed by atoms with Gasteiger partial charge in [0, 0.05) is 38.4 Å². The summed E-state index contributed by atoms with van der Waals surface area (Å²) >= 11 is 1.08. The molecule has 1 aromatic heterocycles.